The average molecular weight is 385 g/mol. The van der Waals surface area contributed by atoms with Crippen molar-refractivity contribution in [3.63, 3.8) is 0 Å². The van der Waals surface area contributed by atoms with Crippen molar-refractivity contribution in [1.82, 2.24) is 0 Å². The zero-order valence-electron chi connectivity index (χ0n) is 13.3. The van der Waals surface area contributed by atoms with E-state index in [1.165, 1.54) is 6.92 Å². The third-order valence-electron chi connectivity index (χ3n) is 4.18. The number of hydrogen-bond donors (Lipinski definition) is 0. The van der Waals surface area contributed by atoms with Gasteiger partial charge in [-0.3, -0.25) is 4.79 Å². The molecule has 2 aromatic rings. The SMILES string of the molecule is CC(=O)c1ccc(C#N)c(N2CCOC(c3ccccc3Br)C2)c1. The molecule has 0 radical (unpaired) electrons. The van der Waals surface area contributed by atoms with Crippen LogP contribution < -0.4 is 4.90 Å². The van der Waals surface area contributed by atoms with Crippen molar-refractivity contribution < 1.29 is 9.53 Å². The number of ketones is 1. The molecule has 1 aliphatic rings. The third-order valence-corrected chi connectivity index (χ3v) is 4.91. The van der Waals surface area contributed by atoms with Crippen molar-refractivity contribution in [3.8, 4) is 6.07 Å². The molecule has 1 aliphatic heterocycles. The van der Waals surface area contributed by atoms with E-state index in [2.05, 4.69) is 26.9 Å². The Morgan fingerprint density at radius 1 is 1.33 bits per heavy atom. The molecule has 1 fully saturated rings. The number of halogens is 1. The molecule has 0 bridgehead atoms. The first-order valence-corrected chi connectivity index (χ1v) is 8.55. The summed E-state index contributed by atoms with van der Waals surface area (Å²) < 4.78 is 6.94. The van der Waals surface area contributed by atoms with E-state index in [1.807, 2.05) is 30.3 Å². The molecule has 1 atom stereocenters. The van der Waals surface area contributed by atoms with Gasteiger partial charge in [0.25, 0.3) is 0 Å². The van der Waals surface area contributed by atoms with E-state index in [-0.39, 0.29) is 11.9 Å². The highest BCUT2D eigenvalue weighted by Crippen LogP contribution is 2.32. The van der Waals surface area contributed by atoms with Crippen molar-refractivity contribution in [1.29, 1.82) is 5.26 Å². The number of rotatable bonds is 3. The number of carbonyl (C=O) groups excluding carboxylic acids is 1. The van der Waals surface area contributed by atoms with Gasteiger partial charge in [0, 0.05) is 23.1 Å². The summed E-state index contributed by atoms with van der Waals surface area (Å²) in [5, 5.41) is 9.41. The van der Waals surface area contributed by atoms with Crippen molar-refractivity contribution in [3.05, 3.63) is 63.6 Å². The van der Waals surface area contributed by atoms with Gasteiger partial charge < -0.3 is 9.64 Å². The van der Waals surface area contributed by atoms with E-state index in [9.17, 15) is 10.1 Å². The molecule has 1 heterocycles. The quantitative estimate of drug-likeness (QED) is 0.747. The van der Waals surface area contributed by atoms with Gasteiger partial charge in [0.15, 0.2) is 5.78 Å². The lowest BCUT2D eigenvalue weighted by Gasteiger charge is -2.35. The molecular formula is C19H17BrN2O2. The fourth-order valence-corrected chi connectivity index (χ4v) is 3.44. The molecule has 122 valence electrons. The summed E-state index contributed by atoms with van der Waals surface area (Å²) in [6.07, 6.45) is -0.0816. The van der Waals surface area contributed by atoms with Crippen LogP contribution in [-0.4, -0.2) is 25.5 Å². The maximum atomic E-state index is 11.7. The number of nitriles is 1. The molecule has 1 saturated heterocycles. The van der Waals surface area contributed by atoms with Gasteiger partial charge in [-0.05, 0) is 36.8 Å². The summed E-state index contributed by atoms with van der Waals surface area (Å²) in [5.74, 6) is -0.00338. The van der Waals surface area contributed by atoms with Crippen LogP contribution >= 0.6 is 15.9 Å². The number of ether oxygens (including phenoxy) is 1. The Bertz CT molecular complexity index is 813. The largest absolute Gasteiger partial charge is 0.370 e. The van der Waals surface area contributed by atoms with E-state index in [0.29, 0.717) is 30.8 Å². The zero-order chi connectivity index (χ0) is 17.1. The molecule has 0 aromatic heterocycles. The molecule has 1 unspecified atom stereocenters. The van der Waals surface area contributed by atoms with E-state index >= 15 is 0 Å². The fraction of sp³-hybridized carbons (Fsp3) is 0.263. The van der Waals surface area contributed by atoms with Crippen LogP contribution in [0.15, 0.2) is 46.9 Å². The van der Waals surface area contributed by atoms with Gasteiger partial charge >= 0.3 is 0 Å². The second-order valence-electron chi connectivity index (χ2n) is 5.73. The predicted molar refractivity (Wildman–Crippen MR) is 96.2 cm³/mol. The van der Waals surface area contributed by atoms with Gasteiger partial charge in [-0.25, -0.2) is 0 Å². The summed E-state index contributed by atoms with van der Waals surface area (Å²) in [6, 6.07) is 15.4. The number of hydrogen-bond acceptors (Lipinski definition) is 4. The Balaban J connectivity index is 1.93. The zero-order valence-corrected chi connectivity index (χ0v) is 14.9. The molecule has 2 aromatic carbocycles. The molecule has 0 aliphatic carbocycles. The Labute approximate surface area is 149 Å². The Hall–Kier alpha value is -2.16. The third kappa shape index (κ3) is 3.35. The lowest BCUT2D eigenvalue weighted by atomic mass is 10.0. The number of benzene rings is 2. The average Bonchev–Trinajstić information content (AvgIpc) is 2.61. The van der Waals surface area contributed by atoms with Crippen LogP contribution in [0.25, 0.3) is 0 Å². The summed E-state index contributed by atoms with van der Waals surface area (Å²) in [4.78, 5) is 13.8. The molecule has 0 saturated carbocycles. The topological polar surface area (TPSA) is 53.3 Å². The molecular weight excluding hydrogens is 368 g/mol. The van der Waals surface area contributed by atoms with Crippen LogP contribution in [0.1, 0.15) is 34.5 Å². The standard InChI is InChI=1S/C19H17BrN2O2/c1-13(23)14-6-7-15(11-21)18(10-14)22-8-9-24-19(12-22)16-4-2-3-5-17(16)20/h2-7,10,19H,8-9,12H2,1H3. The van der Waals surface area contributed by atoms with E-state index < -0.39 is 0 Å². The Morgan fingerprint density at radius 3 is 2.83 bits per heavy atom. The summed E-state index contributed by atoms with van der Waals surface area (Å²) in [7, 11) is 0. The number of Topliss-reactive ketones (excluding diaryl/α,β-unsaturated/α-hetero) is 1. The smallest absolute Gasteiger partial charge is 0.159 e. The number of nitrogens with zero attached hydrogens (tertiary/aromatic N) is 2. The van der Waals surface area contributed by atoms with Gasteiger partial charge in [0.05, 0.1) is 17.9 Å². The van der Waals surface area contributed by atoms with Crippen molar-refractivity contribution in [2.75, 3.05) is 24.6 Å². The van der Waals surface area contributed by atoms with E-state index in [0.717, 1.165) is 15.7 Å². The second kappa shape index (κ2) is 7.16. The first-order chi connectivity index (χ1) is 11.6. The first-order valence-electron chi connectivity index (χ1n) is 7.76. The first kappa shape index (κ1) is 16.7. The van der Waals surface area contributed by atoms with Gasteiger partial charge in [0.2, 0.25) is 0 Å². The summed E-state index contributed by atoms with van der Waals surface area (Å²) in [5.41, 5.74) is 3.08. The fourth-order valence-electron chi connectivity index (χ4n) is 2.90. The molecule has 5 heteroatoms. The van der Waals surface area contributed by atoms with Crippen molar-refractivity contribution >= 4 is 27.4 Å². The van der Waals surface area contributed by atoms with Gasteiger partial charge in [-0.15, -0.1) is 0 Å². The van der Waals surface area contributed by atoms with Crippen LogP contribution in [0.3, 0.4) is 0 Å². The van der Waals surface area contributed by atoms with Crippen LogP contribution in [0.2, 0.25) is 0 Å². The van der Waals surface area contributed by atoms with Gasteiger partial charge in [-0.2, -0.15) is 5.26 Å². The molecule has 0 amide bonds. The monoisotopic (exact) mass is 384 g/mol. The minimum Gasteiger partial charge on any atom is -0.370 e. The van der Waals surface area contributed by atoms with Crippen LogP contribution in [-0.2, 0) is 4.74 Å². The molecule has 3 rings (SSSR count). The molecule has 4 nitrogen and oxygen atoms in total. The van der Waals surface area contributed by atoms with Gasteiger partial charge in [0.1, 0.15) is 12.2 Å². The van der Waals surface area contributed by atoms with Crippen molar-refractivity contribution in [2.45, 2.75) is 13.0 Å². The lowest BCUT2D eigenvalue weighted by molar-refractivity contribution is 0.0393. The number of anilines is 1. The van der Waals surface area contributed by atoms with E-state index in [1.54, 1.807) is 12.1 Å². The lowest BCUT2D eigenvalue weighted by Crippen LogP contribution is -2.39. The molecule has 0 spiro atoms. The minimum absolute atomic E-state index is 0.00338. The predicted octanol–water partition coefficient (Wildman–Crippen LogP) is 4.10. The normalized spacial score (nSPS) is 17.4. The molecule has 24 heavy (non-hydrogen) atoms. The molecule has 0 N–H and O–H groups in total. The van der Waals surface area contributed by atoms with Crippen LogP contribution in [0.5, 0.6) is 0 Å². The maximum absolute atomic E-state index is 11.7. The number of carbonyl (C=O) groups is 1. The highest BCUT2D eigenvalue weighted by molar-refractivity contribution is 9.10. The Morgan fingerprint density at radius 2 is 2.12 bits per heavy atom. The van der Waals surface area contributed by atoms with Crippen molar-refractivity contribution in [2.24, 2.45) is 0 Å². The summed E-state index contributed by atoms with van der Waals surface area (Å²) >= 11 is 3.57. The van der Waals surface area contributed by atoms with Crippen LogP contribution in [0.4, 0.5) is 5.69 Å². The second-order valence-corrected chi connectivity index (χ2v) is 6.58. The van der Waals surface area contributed by atoms with E-state index in [4.69, 9.17) is 4.74 Å². The minimum atomic E-state index is -0.0816. The summed E-state index contributed by atoms with van der Waals surface area (Å²) in [6.45, 7) is 3.44. The number of morpholine rings is 1. The van der Waals surface area contributed by atoms with Crippen LogP contribution in [0, 0.1) is 11.3 Å². The highest BCUT2D eigenvalue weighted by Gasteiger charge is 2.25. The maximum Gasteiger partial charge on any atom is 0.159 e. The highest BCUT2D eigenvalue weighted by atomic mass is 79.9. The Kier molecular flexibility index (Phi) is 4.98. The van der Waals surface area contributed by atoms with Gasteiger partial charge in [-0.1, -0.05) is 34.1 Å².